The van der Waals surface area contributed by atoms with Crippen molar-refractivity contribution in [1.29, 1.82) is 0 Å². The number of pyridine rings is 1. The van der Waals surface area contributed by atoms with E-state index in [1.807, 2.05) is 12.1 Å². The topological polar surface area (TPSA) is 83.3 Å². The van der Waals surface area contributed by atoms with E-state index >= 15 is 0 Å². The summed E-state index contributed by atoms with van der Waals surface area (Å²) >= 11 is 0. The first-order valence-electron chi connectivity index (χ1n) is 8.43. The Morgan fingerprint density at radius 2 is 1.59 bits per heavy atom. The Labute approximate surface area is 152 Å². The molecule has 27 heavy (non-hydrogen) atoms. The molecule has 130 valence electrons. The van der Waals surface area contributed by atoms with Gasteiger partial charge in [0.2, 0.25) is 5.43 Å². The number of phenols is 1. The van der Waals surface area contributed by atoms with E-state index in [2.05, 4.69) is 4.98 Å². The summed E-state index contributed by atoms with van der Waals surface area (Å²) in [7, 11) is 0. The predicted octanol–water partition coefficient (Wildman–Crippen LogP) is 4.16. The van der Waals surface area contributed by atoms with Gasteiger partial charge in [0.1, 0.15) is 11.5 Å². The van der Waals surface area contributed by atoms with Gasteiger partial charge in [-0.1, -0.05) is 12.1 Å². The quantitative estimate of drug-likeness (QED) is 0.349. The fourth-order valence-electron chi connectivity index (χ4n) is 3.39. The summed E-state index contributed by atoms with van der Waals surface area (Å²) < 4.78 is 6.01. The van der Waals surface area contributed by atoms with E-state index in [9.17, 15) is 14.7 Å². The first-order chi connectivity index (χ1) is 13.1. The van der Waals surface area contributed by atoms with Crippen molar-refractivity contribution in [2.45, 2.75) is 0 Å². The second kappa shape index (κ2) is 5.57. The molecule has 2 N–H and O–H groups in total. The number of aromatic amines is 1. The number of rotatable bonds is 1. The van der Waals surface area contributed by atoms with Crippen LogP contribution in [-0.4, -0.2) is 10.1 Å². The lowest BCUT2D eigenvalue weighted by atomic mass is 10.1. The average molecular weight is 355 g/mol. The molecular formula is C22H13NO4. The van der Waals surface area contributed by atoms with Gasteiger partial charge < -0.3 is 14.5 Å². The molecular weight excluding hydrogens is 342 g/mol. The monoisotopic (exact) mass is 355 g/mol. The molecule has 5 nitrogen and oxygen atoms in total. The molecule has 0 radical (unpaired) electrons. The number of benzene rings is 3. The van der Waals surface area contributed by atoms with E-state index in [0.717, 1.165) is 5.52 Å². The number of para-hydroxylation sites is 1. The smallest absolute Gasteiger partial charge is 0.201 e. The molecule has 5 heteroatoms. The number of hydrogen-bond donors (Lipinski definition) is 2. The van der Waals surface area contributed by atoms with Gasteiger partial charge in [0.25, 0.3) is 0 Å². The average Bonchev–Trinajstić information content (AvgIpc) is 2.68. The highest BCUT2D eigenvalue weighted by molar-refractivity contribution is 6.06. The summed E-state index contributed by atoms with van der Waals surface area (Å²) in [6, 6.07) is 18.4. The van der Waals surface area contributed by atoms with E-state index < -0.39 is 0 Å². The standard InChI is InChI=1S/C22H13NO4/c24-13-7-5-12(6-8-13)19-11-18(25)15-9-10-17-20(22(15)27-19)21(26)14-3-1-2-4-16(14)23-17/h1-11,24H,(H,23,26). The second-order valence-corrected chi connectivity index (χ2v) is 6.39. The molecule has 2 heterocycles. The summed E-state index contributed by atoms with van der Waals surface area (Å²) in [4.78, 5) is 29.0. The molecule has 0 atom stereocenters. The van der Waals surface area contributed by atoms with Gasteiger partial charge in [0.15, 0.2) is 11.0 Å². The molecule has 0 amide bonds. The Morgan fingerprint density at radius 3 is 2.41 bits per heavy atom. The van der Waals surface area contributed by atoms with Gasteiger partial charge in [0.05, 0.1) is 16.3 Å². The van der Waals surface area contributed by atoms with Crippen LogP contribution in [0.5, 0.6) is 5.75 Å². The van der Waals surface area contributed by atoms with Crippen LogP contribution in [0.15, 0.2) is 80.7 Å². The largest absolute Gasteiger partial charge is 0.508 e. The third kappa shape index (κ3) is 2.33. The summed E-state index contributed by atoms with van der Waals surface area (Å²) in [5.41, 5.74) is 1.82. The Balaban J connectivity index is 1.94. The van der Waals surface area contributed by atoms with Crippen molar-refractivity contribution in [2.75, 3.05) is 0 Å². The molecule has 5 rings (SSSR count). The van der Waals surface area contributed by atoms with E-state index in [4.69, 9.17) is 4.42 Å². The van der Waals surface area contributed by atoms with Crippen LogP contribution in [-0.2, 0) is 0 Å². The molecule has 0 fully saturated rings. The molecule has 0 aliphatic heterocycles. The van der Waals surface area contributed by atoms with Crippen LogP contribution in [0.4, 0.5) is 0 Å². The third-order valence-corrected chi connectivity index (χ3v) is 4.72. The van der Waals surface area contributed by atoms with Gasteiger partial charge in [-0.15, -0.1) is 0 Å². The third-order valence-electron chi connectivity index (χ3n) is 4.72. The fraction of sp³-hybridized carbons (Fsp3) is 0. The Morgan fingerprint density at radius 1 is 0.815 bits per heavy atom. The Hall–Kier alpha value is -3.86. The zero-order chi connectivity index (χ0) is 18.5. The molecule has 0 aliphatic rings. The zero-order valence-electron chi connectivity index (χ0n) is 14.0. The highest BCUT2D eigenvalue weighted by atomic mass is 16.3. The fourth-order valence-corrected chi connectivity index (χ4v) is 3.39. The van der Waals surface area contributed by atoms with Gasteiger partial charge >= 0.3 is 0 Å². The number of fused-ring (bicyclic) bond motifs is 4. The van der Waals surface area contributed by atoms with Crippen LogP contribution in [0, 0.1) is 0 Å². The number of aromatic nitrogens is 1. The van der Waals surface area contributed by atoms with Gasteiger partial charge in [-0.3, -0.25) is 9.59 Å². The lowest BCUT2D eigenvalue weighted by Crippen LogP contribution is -2.07. The number of aromatic hydroxyl groups is 1. The van der Waals surface area contributed by atoms with Crippen molar-refractivity contribution < 1.29 is 9.52 Å². The zero-order valence-corrected chi connectivity index (χ0v) is 14.0. The first kappa shape index (κ1) is 15.4. The van der Waals surface area contributed by atoms with Crippen LogP contribution in [0.2, 0.25) is 0 Å². The molecule has 0 bridgehead atoms. The van der Waals surface area contributed by atoms with Crippen molar-refractivity contribution in [3.8, 4) is 17.1 Å². The molecule has 0 saturated heterocycles. The Kier molecular flexibility index (Phi) is 3.18. The minimum Gasteiger partial charge on any atom is -0.508 e. The molecule has 0 unspecified atom stereocenters. The highest BCUT2D eigenvalue weighted by Gasteiger charge is 2.14. The van der Waals surface area contributed by atoms with Crippen molar-refractivity contribution in [2.24, 2.45) is 0 Å². The van der Waals surface area contributed by atoms with Gasteiger partial charge in [0, 0.05) is 22.5 Å². The number of H-pyrrole nitrogens is 1. The number of nitrogens with one attached hydrogen (secondary N) is 1. The predicted molar refractivity (Wildman–Crippen MR) is 105 cm³/mol. The first-order valence-corrected chi connectivity index (χ1v) is 8.43. The SMILES string of the molecule is O=c1cc(-c2ccc(O)cc2)oc2c1ccc1[nH]c3ccccc3c(=O)c12. The maximum Gasteiger partial charge on any atom is 0.201 e. The normalized spacial score (nSPS) is 11.4. The second-order valence-electron chi connectivity index (χ2n) is 6.39. The maximum absolute atomic E-state index is 13.1. The van der Waals surface area contributed by atoms with E-state index in [0.29, 0.717) is 33.0 Å². The van der Waals surface area contributed by atoms with Crippen LogP contribution in [0.1, 0.15) is 0 Å². The minimum atomic E-state index is -0.228. The summed E-state index contributed by atoms with van der Waals surface area (Å²) in [5.74, 6) is 0.461. The lowest BCUT2D eigenvalue weighted by Gasteiger charge is -2.07. The van der Waals surface area contributed by atoms with Crippen molar-refractivity contribution in [3.63, 3.8) is 0 Å². The van der Waals surface area contributed by atoms with Crippen molar-refractivity contribution in [1.82, 2.24) is 4.98 Å². The van der Waals surface area contributed by atoms with Gasteiger partial charge in [-0.2, -0.15) is 0 Å². The van der Waals surface area contributed by atoms with E-state index in [-0.39, 0.29) is 22.2 Å². The summed E-state index contributed by atoms with van der Waals surface area (Å²) in [6.07, 6.45) is 0. The van der Waals surface area contributed by atoms with Crippen LogP contribution < -0.4 is 10.9 Å². The van der Waals surface area contributed by atoms with Gasteiger partial charge in [-0.05, 0) is 48.5 Å². The molecule has 5 aromatic rings. The number of phenolic OH excluding ortho intramolecular Hbond substituents is 1. The number of hydrogen-bond acceptors (Lipinski definition) is 4. The molecule has 0 saturated carbocycles. The van der Waals surface area contributed by atoms with Crippen LogP contribution in [0.3, 0.4) is 0 Å². The molecule has 0 spiro atoms. The lowest BCUT2D eigenvalue weighted by molar-refractivity contribution is 0.475. The summed E-state index contributed by atoms with van der Waals surface area (Å²) in [5, 5.41) is 10.7. The van der Waals surface area contributed by atoms with Crippen LogP contribution >= 0.6 is 0 Å². The van der Waals surface area contributed by atoms with Crippen molar-refractivity contribution in [3.05, 3.63) is 87.2 Å². The summed E-state index contributed by atoms with van der Waals surface area (Å²) in [6.45, 7) is 0. The maximum atomic E-state index is 13.1. The van der Waals surface area contributed by atoms with E-state index in [1.54, 1.807) is 36.4 Å². The molecule has 3 aromatic carbocycles. The van der Waals surface area contributed by atoms with Crippen molar-refractivity contribution >= 4 is 32.8 Å². The molecule has 0 aliphatic carbocycles. The van der Waals surface area contributed by atoms with Gasteiger partial charge in [-0.25, -0.2) is 0 Å². The Bertz CT molecular complexity index is 1460. The minimum absolute atomic E-state index is 0.121. The van der Waals surface area contributed by atoms with Crippen LogP contribution in [0.25, 0.3) is 44.1 Å². The highest BCUT2D eigenvalue weighted by Crippen LogP contribution is 2.27. The van der Waals surface area contributed by atoms with E-state index in [1.165, 1.54) is 18.2 Å². The molecule has 2 aromatic heterocycles.